The molecular formula is C48H43N3. The molecule has 0 amide bonds. The Hall–Kier alpha value is -6.06. The SMILES string of the molecule is C=NCc1cccc(-c2ccccc2)c1.CC1CC=CC2=C1c1ccccc1C2.N=C(N)c1ccc2c(c1)-c1cccc(-c3ccccc3)c1C2. The van der Waals surface area contributed by atoms with Gasteiger partial charge in [-0.2, -0.15) is 0 Å². The van der Waals surface area contributed by atoms with Crippen LogP contribution >= 0.6 is 0 Å². The Labute approximate surface area is 302 Å². The lowest BCUT2D eigenvalue weighted by molar-refractivity contribution is 0.755. The first-order valence-corrected chi connectivity index (χ1v) is 17.7. The lowest BCUT2D eigenvalue weighted by Gasteiger charge is -2.17. The number of hydrogen-bond acceptors (Lipinski definition) is 2. The molecule has 250 valence electrons. The van der Waals surface area contributed by atoms with Crippen molar-refractivity contribution in [2.45, 2.75) is 32.7 Å². The van der Waals surface area contributed by atoms with E-state index in [4.69, 9.17) is 11.1 Å². The molecule has 0 saturated heterocycles. The van der Waals surface area contributed by atoms with Crippen LogP contribution in [0.4, 0.5) is 0 Å². The summed E-state index contributed by atoms with van der Waals surface area (Å²) in [6, 6.07) is 50.6. The minimum absolute atomic E-state index is 0.121. The number of aliphatic imine (C=N–C) groups is 1. The molecule has 6 aromatic carbocycles. The lowest BCUT2D eigenvalue weighted by atomic mass is 9.87. The predicted molar refractivity (Wildman–Crippen MR) is 216 cm³/mol. The first-order chi connectivity index (χ1) is 25.0. The number of nitrogens with zero attached hydrogens (tertiary/aromatic N) is 1. The van der Waals surface area contributed by atoms with Gasteiger partial charge in [0.2, 0.25) is 0 Å². The molecule has 0 bridgehead atoms. The minimum atomic E-state index is 0.121. The second-order valence-electron chi connectivity index (χ2n) is 13.4. The third-order valence-corrected chi connectivity index (χ3v) is 10.0. The minimum Gasteiger partial charge on any atom is -0.384 e. The smallest absolute Gasteiger partial charge is 0.122 e. The van der Waals surface area contributed by atoms with Crippen molar-refractivity contribution >= 4 is 18.1 Å². The molecule has 0 spiro atoms. The number of nitrogens with one attached hydrogen (secondary N) is 1. The normalized spacial score (nSPS) is 14.5. The Balaban J connectivity index is 0.000000124. The first-order valence-electron chi connectivity index (χ1n) is 17.7. The molecule has 3 aliphatic carbocycles. The first kappa shape index (κ1) is 33.4. The molecule has 6 aromatic rings. The van der Waals surface area contributed by atoms with Crippen molar-refractivity contribution in [3.05, 3.63) is 197 Å². The molecule has 0 aliphatic heterocycles. The average molecular weight is 662 g/mol. The van der Waals surface area contributed by atoms with Crippen molar-refractivity contribution in [3.63, 3.8) is 0 Å². The fraction of sp³-hybridized carbons (Fsp3) is 0.125. The summed E-state index contributed by atoms with van der Waals surface area (Å²) in [6.07, 6.45) is 7.91. The van der Waals surface area contributed by atoms with Gasteiger partial charge in [0, 0.05) is 5.56 Å². The molecule has 3 N–H and O–H groups in total. The van der Waals surface area contributed by atoms with Crippen LogP contribution in [-0.4, -0.2) is 12.6 Å². The molecule has 0 aromatic heterocycles. The average Bonchev–Trinajstić information content (AvgIpc) is 3.75. The van der Waals surface area contributed by atoms with Crippen molar-refractivity contribution in [1.29, 1.82) is 5.41 Å². The van der Waals surface area contributed by atoms with Gasteiger partial charge in [-0.05, 0) is 116 Å². The molecule has 3 heteroatoms. The predicted octanol–water partition coefficient (Wildman–Crippen LogP) is 11.4. The summed E-state index contributed by atoms with van der Waals surface area (Å²) in [4.78, 5) is 3.89. The third kappa shape index (κ3) is 7.29. The summed E-state index contributed by atoms with van der Waals surface area (Å²) >= 11 is 0. The van der Waals surface area contributed by atoms with Crippen LogP contribution < -0.4 is 5.73 Å². The van der Waals surface area contributed by atoms with Crippen LogP contribution in [-0.2, 0) is 19.4 Å². The van der Waals surface area contributed by atoms with E-state index < -0.39 is 0 Å². The van der Waals surface area contributed by atoms with Gasteiger partial charge in [0.15, 0.2) is 0 Å². The van der Waals surface area contributed by atoms with E-state index in [2.05, 4.69) is 140 Å². The van der Waals surface area contributed by atoms with Gasteiger partial charge >= 0.3 is 0 Å². The largest absolute Gasteiger partial charge is 0.384 e. The number of nitrogens with two attached hydrogens (primary N) is 1. The fourth-order valence-corrected chi connectivity index (χ4v) is 7.54. The van der Waals surface area contributed by atoms with E-state index in [1.54, 1.807) is 11.1 Å². The van der Waals surface area contributed by atoms with E-state index in [1.807, 2.05) is 36.4 Å². The highest BCUT2D eigenvalue weighted by Gasteiger charge is 2.25. The summed E-state index contributed by atoms with van der Waals surface area (Å²) in [5.41, 5.74) is 23.9. The van der Waals surface area contributed by atoms with E-state index >= 15 is 0 Å². The number of amidine groups is 1. The molecular weight excluding hydrogens is 619 g/mol. The molecule has 51 heavy (non-hydrogen) atoms. The fourth-order valence-electron chi connectivity index (χ4n) is 7.54. The highest BCUT2D eigenvalue weighted by molar-refractivity contribution is 5.97. The van der Waals surface area contributed by atoms with Crippen LogP contribution in [0.1, 0.15) is 46.7 Å². The number of nitrogen functional groups attached to an aromatic ring is 1. The summed E-state index contributed by atoms with van der Waals surface area (Å²) in [7, 11) is 0. The van der Waals surface area contributed by atoms with Crippen LogP contribution in [0.15, 0.2) is 168 Å². The standard InChI is InChI=1S/C20H16N2.C14H13N.C14H14/c21-20(22)15-10-9-14-11-19-16(13-5-2-1-3-6-13)7-4-8-17(19)18(14)12-15;1-15-11-12-6-5-9-14(10-12)13-7-3-2-4-8-13;1-10-5-4-7-12-9-11-6-2-3-8-13(11)14(10)12/h1-10,12H,11H2,(H3,21,22);2-10H,1,11H2;2-4,6-8,10H,5,9H2,1H3. The van der Waals surface area contributed by atoms with Gasteiger partial charge in [-0.1, -0.05) is 153 Å². The molecule has 3 aliphatic rings. The monoisotopic (exact) mass is 661 g/mol. The van der Waals surface area contributed by atoms with Crippen molar-refractivity contribution in [2.24, 2.45) is 16.6 Å². The highest BCUT2D eigenvalue weighted by Crippen LogP contribution is 2.43. The third-order valence-electron chi connectivity index (χ3n) is 10.0. The molecule has 0 fully saturated rings. The van der Waals surface area contributed by atoms with Crippen LogP contribution in [0, 0.1) is 11.3 Å². The van der Waals surface area contributed by atoms with Crippen LogP contribution in [0.2, 0.25) is 0 Å². The topological polar surface area (TPSA) is 62.2 Å². The molecule has 0 heterocycles. The molecule has 3 nitrogen and oxygen atoms in total. The van der Waals surface area contributed by atoms with Gasteiger partial charge in [0.25, 0.3) is 0 Å². The van der Waals surface area contributed by atoms with Crippen molar-refractivity contribution < 1.29 is 0 Å². The van der Waals surface area contributed by atoms with Gasteiger partial charge in [-0.25, -0.2) is 0 Å². The summed E-state index contributed by atoms with van der Waals surface area (Å²) in [5, 5.41) is 7.64. The number of benzene rings is 6. The summed E-state index contributed by atoms with van der Waals surface area (Å²) in [6.45, 7) is 6.52. The zero-order valence-electron chi connectivity index (χ0n) is 29.1. The van der Waals surface area contributed by atoms with E-state index in [-0.39, 0.29) is 5.84 Å². The van der Waals surface area contributed by atoms with Crippen molar-refractivity contribution in [2.75, 3.05) is 0 Å². The second kappa shape index (κ2) is 15.2. The van der Waals surface area contributed by atoms with Crippen molar-refractivity contribution in [3.8, 4) is 33.4 Å². The Morgan fingerprint density at radius 3 is 2.08 bits per heavy atom. The van der Waals surface area contributed by atoms with Gasteiger partial charge in [0.05, 0.1) is 6.54 Å². The Morgan fingerprint density at radius 2 is 1.31 bits per heavy atom. The van der Waals surface area contributed by atoms with Crippen LogP contribution in [0.5, 0.6) is 0 Å². The maximum atomic E-state index is 7.64. The molecule has 0 saturated carbocycles. The lowest BCUT2D eigenvalue weighted by Crippen LogP contribution is -2.10. The zero-order valence-corrected chi connectivity index (χ0v) is 29.1. The molecule has 0 radical (unpaired) electrons. The molecule has 1 atom stereocenters. The van der Waals surface area contributed by atoms with Gasteiger partial charge in [-0.3, -0.25) is 10.4 Å². The number of fused-ring (bicyclic) bond motifs is 5. The molecule has 1 unspecified atom stereocenters. The van der Waals surface area contributed by atoms with Crippen LogP contribution in [0.25, 0.3) is 39.0 Å². The Bertz CT molecular complexity index is 2260. The highest BCUT2D eigenvalue weighted by atomic mass is 14.7. The summed E-state index contributed by atoms with van der Waals surface area (Å²) in [5.74, 6) is 0.828. The Morgan fingerprint density at radius 1 is 0.667 bits per heavy atom. The molecule has 9 rings (SSSR count). The zero-order chi connectivity index (χ0) is 35.2. The number of rotatable bonds is 5. The number of allylic oxidation sites excluding steroid dienone is 4. The quantitative estimate of drug-likeness (QED) is 0.140. The van der Waals surface area contributed by atoms with Gasteiger partial charge in [-0.15, -0.1) is 0 Å². The van der Waals surface area contributed by atoms with Gasteiger partial charge < -0.3 is 5.73 Å². The number of hydrogen-bond donors (Lipinski definition) is 2. The van der Waals surface area contributed by atoms with Gasteiger partial charge in [0.1, 0.15) is 5.84 Å². The maximum Gasteiger partial charge on any atom is 0.122 e. The summed E-state index contributed by atoms with van der Waals surface area (Å²) < 4.78 is 0. The van der Waals surface area contributed by atoms with E-state index in [9.17, 15) is 0 Å². The van der Waals surface area contributed by atoms with E-state index in [1.165, 1.54) is 67.6 Å². The van der Waals surface area contributed by atoms with E-state index in [0.29, 0.717) is 12.5 Å². The van der Waals surface area contributed by atoms with Crippen molar-refractivity contribution in [1.82, 2.24) is 0 Å². The second-order valence-corrected chi connectivity index (χ2v) is 13.4. The van der Waals surface area contributed by atoms with E-state index in [0.717, 1.165) is 18.4 Å². The maximum absolute atomic E-state index is 7.64. The Kier molecular flexibility index (Phi) is 9.98. The van der Waals surface area contributed by atoms with Crippen LogP contribution in [0.3, 0.4) is 0 Å².